The number of halogens is 3. The Hall–Kier alpha value is -2.09. The summed E-state index contributed by atoms with van der Waals surface area (Å²) in [6, 6.07) is 3.73. The zero-order valence-corrected chi connectivity index (χ0v) is 11.2. The summed E-state index contributed by atoms with van der Waals surface area (Å²) >= 11 is 0. The molecule has 1 aromatic carbocycles. The minimum Gasteiger partial charge on any atom is -0.393 e. The molecule has 21 heavy (non-hydrogen) atoms. The number of aliphatic hydroxyl groups is 1. The van der Waals surface area contributed by atoms with Crippen molar-refractivity contribution in [3.05, 3.63) is 29.8 Å². The van der Waals surface area contributed by atoms with Crippen LogP contribution in [0.4, 0.5) is 18.9 Å². The second-order valence-electron chi connectivity index (χ2n) is 4.42. The van der Waals surface area contributed by atoms with Crippen molar-refractivity contribution in [2.75, 3.05) is 11.9 Å². The van der Waals surface area contributed by atoms with Crippen LogP contribution in [-0.2, 0) is 15.8 Å². The first-order valence-corrected chi connectivity index (χ1v) is 6.14. The molecule has 0 aliphatic carbocycles. The van der Waals surface area contributed by atoms with E-state index < -0.39 is 29.7 Å². The van der Waals surface area contributed by atoms with E-state index in [2.05, 4.69) is 10.6 Å². The maximum atomic E-state index is 12.3. The van der Waals surface area contributed by atoms with Gasteiger partial charge in [0.15, 0.2) is 0 Å². The molecule has 3 N–H and O–H groups in total. The first kappa shape index (κ1) is 17.0. The SMILES string of the molecule is CC(O)CCNC(=O)C(=O)Nc1ccc(C(F)(F)F)cc1. The van der Waals surface area contributed by atoms with E-state index >= 15 is 0 Å². The maximum Gasteiger partial charge on any atom is 0.416 e. The number of alkyl halides is 3. The second-order valence-corrected chi connectivity index (χ2v) is 4.42. The molecule has 1 aromatic rings. The number of rotatable bonds is 4. The highest BCUT2D eigenvalue weighted by Crippen LogP contribution is 2.29. The average Bonchev–Trinajstić information content (AvgIpc) is 2.37. The molecule has 5 nitrogen and oxygen atoms in total. The van der Waals surface area contributed by atoms with Crippen LogP contribution in [0, 0.1) is 0 Å². The molecule has 0 aliphatic rings. The molecular weight excluding hydrogens is 289 g/mol. The Balaban J connectivity index is 2.53. The molecule has 0 saturated carbocycles. The summed E-state index contributed by atoms with van der Waals surface area (Å²) in [4.78, 5) is 22.8. The standard InChI is InChI=1S/C13H15F3N2O3/c1-8(19)6-7-17-11(20)12(21)18-10-4-2-9(3-5-10)13(14,15)16/h2-5,8,19H,6-7H2,1H3,(H,17,20)(H,18,21). The lowest BCUT2D eigenvalue weighted by atomic mass is 10.2. The van der Waals surface area contributed by atoms with Crippen LogP contribution in [0.5, 0.6) is 0 Å². The molecule has 0 aromatic heterocycles. The van der Waals surface area contributed by atoms with E-state index in [9.17, 15) is 22.8 Å². The van der Waals surface area contributed by atoms with Crippen molar-refractivity contribution in [3.8, 4) is 0 Å². The Bertz CT molecular complexity index is 498. The number of benzene rings is 1. The molecule has 0 spiro atoms. The predicted octanol–water partition coefficient (Wildman–Crippen LogP) is 1.53. The largest absolute Gasteiger partial charge is 0.416 e. The van der Waals surface area contributed by atoms with Gasteiger partial charge in [0.1, 0.15) is 0 Å². The summed E-state index contributed by atoms with van der Waals surface area (Å²) in [5, 5.41) is 13.4. The highest BCUT2D eigenvalue weighted by Gasteiger charge is 2.30. The first-order chi connectivity index (χ1) is 9.70. The van der Waals surface area contributed by atoms with Crippen LogP contribution in [0.15, 0.2) is 24.3 Å². The van der Waals surface area contributed by atoms with Crippen molar-refractivity contribution < 1.29 is 27.9 Å². The van der Waals surface area contributed by atoms with Gasteiger partial charge >= 0.3 is 18.0 Å². The summed E-state index contributed by atoms with van der Waals surface area (Å²) in [5.74, 6) is -1.91. The van der Waals surface area contributed by atoms with Crippen molar-refractivity contribution >= 4 is 17.5 Å². The molecule has 2 amide bonds. The highest BCUT2D eigenvalue weighted by molar-refractivity contribution is 6.39. The van der Waals surface area contributed by atoms with Gasteiger partial charge in [0.25, 0.3) is 0 Å². The summed E-state index contributed by atoms with van der Waals surface area (Å²) in [7, 11) is 0. The number of nitrogens with one attached hydrogen (secondary N) is 2. The fourth-order valence-corrected chi connectivity index (χ4v) is 1.41. The number of carbonyl (C=O) groups is 2. The molecule has 1 rings (SSSR count). The van der Waals surface area contributed by atoms with E-state index in [-0.39, 0.29) is 12.2 Å². The average molecular weight is 304 g/mol. The minimum atomic E-state index is -4.46. The van der Waals surface area contributed by atoms with E-state index in [0.29, 0.717) is 6.42 Å². The molecule has 116 valence electrons. The van der Waals surface area contributed by atoms with E-state index in [1.54, 1.807) is 0 Å². The van der Waals surface area contributed by atoms with Crippen LogP contribution in [0.25, 0.3) is 0 Å². The van der Waals surface area contributed by atoms with Gasteiger partial charge in [0, 0.05) is 12.2 Å². The minimum absolute atomic E-state index is 0.0821. The Kier molecular flexibility index (Phi) is 5.71. The van der Waals surface area contributed by atoms with Gasteiger partial charge in [-0.15, -0.1) is 0 Å². The van der Waals surface area contributed by atoms with Crippen LogP contribution < -0.4 is 10.6 Å². The van der Waals surface area contributed by atoms with Gasteiger partial charge in [0.05, 0.1) is 11.7 Å². The molecule has 0 bridgehead atoms. The zero-order chi connectivity index (χ0) is 16.0. The third-order valence-electron chi connectivity index (χ3n) is 2.52. The predicted molar refractivity (Wildman–Crippen MR) is 69.4 cm³/mol. The van der Waals surface area contributed by atoms with Gasteiger partial charge in [-0.25, -0.2) is 0 Å². The van der Waals surface area contributed by atoms with Crippen molar-refractivity contribution in [2.24, 2.45) is 0 Å². The fraction of sp³-hybridized carbons (Fsp3) is 0.385. The molecule has 0 aliphatic heterocycles. The smallest absolute Gasteiger partial charge is 0.393 e. The number of hydrogen-bond acceptors (Lipinski definition) is 3. The van der Waals surface area contributed by atoms with Gasteiger partial charge in [-0.05, 0) is 37.6 Å². The monoisotopic (exact) mass is 304 g/mol. The molecule has 0 fully saturated rings. The normalized spacial score (nSPS) is 12.6. The van der Waals surface area contributed by atoms with Gasteiger partial charge in [-0.2, -0.15) is 13.2 Å². The second kappa shape index (κ2) is 7.07. The van der Waals surface area contributed by atoms with Crippen molar-refractivity contribution in [1.82, 2.24) is 5.32 Å². The van der Waals surface area contributed by atoms with Crippen molar-refractivity contribution in [1.29, 1.82) is 0 Å². The van der Waals surface area contributed by atoms with E-state index in [0.717, 1.165) is 24.3 Å². The topological polar surface area (TPSA) is 78.4 Å². The van der Waals surface area contributed by atoms with Crippen LogP contribution in [0.1, 0.15) is 18.9 Å². The van der Waals surface area contributed by atoms with Crippen LogP contribution >= 0.6 is 0 Å². The Labute approximate surface area is 119 Å². The number of aliphatic hydroxyl groups excluding tert-OH is 1. The Morgan fingerprint density at radius 2 is 1.76 bits per heavy atom. The van der Waals surface area contributed by atoms with E-state index in [4.69, 9.17) is 5.11 Å². The number of carbonyl (C=O) groups excluding carboxylic acids is 2. The first-order valence-electron chi connectivity index (χ1n) is 6.14. The molecule has 1 unspecified atom stereocenters. The van der Waals surface area contributed by atoms with Gasteiger partial charge < -0.3 is 15.7 Å². The number of amides is 2. The Morgan fingerprint density at radius 3 is 2.24 bits per heavy atom. The number of hydrogen-bond donors (Lipinski definition) is 3. The molecular formula is C13H15F3N2O3. The lowest BCUT2D eigenvalue weighted by Gasteiger charge is -2.09. The fourth-order valence-electron chi connectivity index (χ4n) is 1.41. The van der Waals surface area contributed by atoms with Crippen LogP contribution in [-0.4, -0.2) is 29.6 Å². The summed E-state index contributed by atoms with van der Waals surface area (Å²) in [6.45, 7) is 1.66. The quantitative estimate of drug-likeness (QED) is 0.738. The molecule has 0 heterocycles. The van der Waals surface area contributed by atoms with E-state index in [1.807, 2.05) is 0 Å². The van der Waals surface area contributed by atoms with Crippen LogP contribution in [0.3, 0.4) is 0 Å². The Morgan fingerprint density at radius 1 is 1.19 bits per heavy atom. The third-order valence-corrected chi connectivity index (χ3v) is 2.52. The summed E-state index contributed by atoms with van der Waals surface area (Å²) in [5.41, 5.74) is -0.763. The van der Waals surface area contributed by atoms with Gasteiger partial charge in [0.2, 0.25) is 0 Å². The van der Waals surface area contributed by atoms with Crippen LogP contribution in [0.2, 0.25) is 0 Å². The summed E-state index contributed by atoms with van der Waals surface area (Å²) in [6.07, 6.45) is -4.77. The number of anilines is 1. The highest BCUT2D eigenvalue weighted by atomic mass is 19.4. The van der Waals surface area contributed by atoms with Crippen molar-refractivity contribution in [3.63, 3.8) is 0 Å². The molecule has 0 radical (unpaired) electrons. The van der Waals surface area contributed by atoms with Gasteiger partial charge in [-0.3, -0.25) is 9.59 Å². The third kappa shape index (κ3) is 5.82. The zero-order valence-electron chi connectivity index (χ0n) is 11.2. The molecule has 1 atom stereocenters. The maximum absolute atomic E-state index is 12.3. The lowest BCUT2D eigenvalue weighted by Crippen LogP contribution is -2.36. The van der Waals surface area contributed by atoms with Gasteiger partial charge in [-0.1, -0.05) is 0 Å². The van der Waals surface area contributed by atoms with Crippen molar-refractivity contribution in [2.45, 2.75) is 25.6 Å². The molecule has 8 heteroatoms. The summed E-state index contributed by atoms with van der Waals surface area (Å²) < 4.78 is 37.0. The molecule has 0 saturated heterocycles. The van der Waals surface area contributed by atoms with E-state index in [1.165, 1.54) is 6.92 Å². The lowest BCUT2D eigenvalue weighted by molar-refractivity contribution is -0.137.